The van der Waals surface area contributed by atoms with Crippen LogP contribution in [0, 0.1) is 13.8 Å². The van der Waals surface area contributed by atoms with E-state index < -0.39 is 6.04 Å². The van der Waals surface area contributed by atoms with E-state index in [2.05, 4.69) is 5.32 Å². The van der Waals surface area contributed by atoms with E-state index in [0.717, 1.165) is 28.7 Å². The van der Waals surface area contributed by atoms with Crippen molar-refractivity contribution in [2.45, 2.75) is 46.2 Å². The largest absolute Gasteiger partial charge is 0.483 e. The van der Waals surface area contributed by atoms with Crippen molar-refractivity contribution < 1.29 is 14.3 Å². The van der Waals surface area contributed by atoms with Gasteiger partial charge in [0.15, 0.2) is 6.61 Å². The molecule has 1 atom stereocenters. The first-order valence-electron chi connectivity index (χ1n) is 12.0. The molecule has 5 nitrogen and oxygen atoms in total. The Morgan fingerprint density at radius 3 is 2.39 bits per heavy atom. The molecule has 0 radical (unpaired) electrons. The van der Waals surface area contributed by atoms with E-state index in [-0.39, 0.29) is 25.0 Å². The number of halogens is 2. The Morgan fingerprint density at radius 1 is 0.944 bits per heavy atom. The van der Waals surface area contributed by atoms with Crippen molar-refractivity contribution in [3.05, 3.63) is 99.0 Å². The average molecular weight is 527 g/mol. The van der Waals surface area contributed by atoms with Crippen LogP contribution >= 0.6 is 23.2 Å². The van der Waals surface area contributed by atoms with E-state index in [0.29, 0.717) is 28.8 Å². The molecule has 0 aliphatic heterocycles. The van der Waals surface area contributed by atoms with Crippen molar-refractivity contribution in [2.75, 3.05) is 13.2 Å². The van der Waals surface area contributed by atoms with Crippen molar-refractivity contribution in [3.63, 3.8) is 0 Å². The average Bonchev–Trinajstić information content (AvgIpc) is 2.88. The molecule has 7 heteroatoms. The summed E-state index contributed by atoms with van der Waals surface area (Å²) in [5, 5.41) is 3.78. The van der Waals surface area contributed by atoms with E-state index in [1.165, 1.54) is 0 Å². The number of nitrogens with zero attached hydrogens (tertiary/aromatic N) is 1. The van der Waals surface area contributed by atoms with E-state index in [1.54, 1.807) is 17.0 Å². The molecule has 0 saturated carbocycles. The first-order valence-corrected chi connectivity index (χ1v) is 12.8. The first-order chi connectivity index (χ1) is 17.3. The number of ether oxygens (including phenoxy) is 1. The fourth-order valence-electron chi connectivity index (χ4n) is 3.86. The predicted octanol–water partition coefficient (Wildman–Crippen LogP) is 6.16. The molecule has 3 aromatic rings. The third kappa shape index (κ3) is 7.49. The molecule has 0 spiro atoms. The maximum absolute atomic E-state index is 13.6. The molecule has 0 heterocycles. The maximum Gasteiger partial charge on any atom is 0.261 e. The molecule has 0 aromatic heterocycles. The molecule has 190 valence electrons. The van der Waals surface area contributed by atoms with Gasteiger partial charge >= 0.3 is 0 Å². The summed E-state index contributed by atoms with van der Waals surface area (Å²) in [6, 6.07) is 19.9. The van der Waals surface area contributed by atoms with Gasteiger partial charge in [0.1, 0.15) is 11.8 Å². The van der Waals surface area contributed by atoms with Gasteiger partial charge in [0.05, 0.1) is 10.0 Å². The Hall–Kier alpha value is -3.02. The monoisotopic (exact) mass is 526 g/mol. The minimum absolute atomic E-state index is 0.183. The summed E-state index contributed by atoms with van der Waals surface area (Å²) >= 11 is 12.4. The molecule has 36 heavy (non-hydrogen) atoms. The van der Waals surface area contributed by atoms with Gasteiger partial charge in [-0.3, -0.25) is 9.59 Å². The topological polar surface area (TPSA) is 58.6 Å². The van der Waals surface area contributed by atoms with Gasteiger partial charge in [-0.1, -0.05) is 78.7 Å². The number of benzene rings is 3. The van der Waals surface area contributed by atoms with Gasteiger partial charge < -0.3 is 15.0 Å². The van der Waals surface area contributed by atoms with Gasteiger partial charge in [-0.2, -0.15) is 0 Å². The lowest BCUT2D eigenvalue weighted by atomic mass is 10.0. The van der Waals surface area contributed by atoms with E-state index in [4.69, 9.17) is 27.9 Å². The molecule has 0 saturated heterocycles. The highest BCUT2D eigenvalue weighted by molar-refractivity contribution is 6.42. The number of nitrogens with one attached hydrogen (secondary N) is 1. The predicted molar refractivity (Wildman–Crippen MR) is 146 cm³/mol. The minimum atomic E-state index is -0.733. The SMILES string of the molecule is CCCNC(=O)C(Cc1ccccc1)N(Cc1ccc(Cl)c(Cl)c1)C(=O)COc1cccc(C)c1C. The standard InChI is InChI=1S/C29H32Cl2N2O3/c1-4-15-32-29(35)26(17-22-10-6-5-7-11-22)33(18-23-13-14-24(30)25(31)16-23)28(34)19-36-27-12-8-9-20(2)21(27)3/h5-14,16,26H,4,15,17-19H2,1-3H3,(H,32,35). The summed E-state index contributed by atoms with van der Waals surface area (Å²) in [4.78, 5) is 28.6. The Morgan fingerprint density at radius 2 is 1.69 bits per heavy atom. The fraction of sp³-hybridized carbons (Fsp3) is 0.310. The molecule has 0 fully saturated rings. The zero-order valence-electron chi connectivity index (χ0n) is 20.9. The van der Waals surface area contributed by atoms with Crippen molar-refractivity contribution in [1.29, 1.82) is 0 Å². The smallest absolute Gasteiger partial charge is 0.261 e. The first kappa shape index (κ1) is 27.6. The normalized spacial score (nSPS) is 11.6. The third-order valence-electron chi connectivity index (χ3n) is 6.06. The van der Waals surface area contributed by atoms with Crippen LogP contribution in [-0.2, 0) is 22.6 Å². The number of aryl methyl sites for hydroxylation is 1. The number of hydrogen-bond acceptors (Lipinski definition) is 3. The second kappa shape index (κ2) is 13.3. The van der Waals surface area contributed by atoms with Crippen LogP contribution in [0.1, 0.15) is 35.6 Å². The van der Waals surface area contributed by atoms with Gasteiger partial charge in [-0.25, -0.2) is 0 Å². The number of hydrogen-bond donors (Lipinski definition) is 1. The second-order valence-corrected chi connectivity index (χ2v) is 9.57. The highest BCUT2D eigenvalue weighted by Gasteiger charge is 2.30. The van der Waals surface area contributed by atoms with Crippen LogP contribution in [0.5, 0.6) is 5.75 Å². The number of amides is 2. The van der Waals surface area contributed by atoms with Gasteiger partial charge in [0.25, 0.3) is 5.91 Å². The van der Waals surface area contributed by atoms with Crippen LogP contribution in [-0.4, -0.2) is 35.9 Å². The molecule has 1 unspecified atom stereocenters. The zero-order valence-corrected chi connectivity index (χ0v) is 22.4. The summed E-state index contributed by atoms with van der Waals surface area (Å²) < 4.78 is 5.93. The van der Waals surface area contributed by atoms with Crippen molar-refractivity contribution >= 4 is 35.0 Å². The Balaban J connectivity index is 1.93. The molecule has 0 bridgehead atoms. The molecule has 1 N–H and O–H groups in total. The van der Waals surface area contributed by atoms with Crippen LogP contribution < -0.4 is 10.1 Å². The minimum Gasteiger partial charge on any atom is -0.483 e. The Bertz CT molecular complexity index is 1180. The second-order valence-electron chi connectivity index (χ2n) is 8.75. The van der Waals surface area contributed by atoms with Crippen molar-refractivity contribution in [3.8, 4) is 5.75 Å². The lowest BCUT2D eigenvalue weighted by Gasteiger charge is -2.31. The highest BCUT2D eigenvalue weighted by atomic mass is 35.5. The van der Waals surface area contributed by atoms with Gasteiger partial charge in [-0.05, 0) is 60.7 Å². The third-order valence-corrected chi connectivity index (χ3v) is 6.80. The summed E-state index contributed by atoms with van der Waals surface area (Å²) in [6.07, 6.45) is 1.16. The molecule has 2 amide bonds. The molecular formula is C29H32Cl2N2O3. The lowest BCUT2D eigenvalue weighted by molar-refractivity contribution is -0.142. The molecule has 3 rings (SSSR count). The summed E-state index contributed by atoms with van der Waals surface area (Å²) in [5.41, 5.74) is 3.78. The number of carbonyl (C=O) groups excluding carboxylic acids is 2. The van der Waals surface area contributed by atoms with Gasteiger partial charge in [-0.15, -0.1) is 0 Å². The van der Waals surface area contributed by atoms with Crippen LogP contribution in [0.15, 0.2) is 66.7 Å². The molecule has 0 aliphatic carbocycles. The summed E-state index contributed by atoms with van der Waals surface area (Å²) in [6.45, 7) is 6.45. The molecular weight excluding hydrogens is 495 g/mol. The summed E-state index contributed by atoms with van der Waals surface area (Å²) in [7, 11) is 0. The van der Waals surface area contributed by atoms with E-state index in [9.17, 15) is 9.59 Å². The number of carbonyl (C=O) groups is 2. The van der Waals surface area contributed by atoms with Crippen molar-refractivity contribution in [1.82, 2.24) is 10.2 Å². The fourth-order valence-corrected chi connectivity index (χ4v) is 4.18. The Kier molecular flexibility index (Phi) is 10.2. The van der Waals surface area contributed by atoms with Gasteiger partial charge in [0, 0.05) is 19.5 Å². The summed E-state index contributed by atoms with van der Waals surface area (Å²) in [5.74, 6) is 0.142. The lowest BCUT2D eigenvalue weighted by Crippen LogP contribution is -2.51. The highest BCUT2D eigenvalue weighted by Crippen LogP contribution is 2.25. The van der Waals surface area contributed by atoms with Crippen LogP contribution in [0.2, 0.25) is 10.0 Å². The number of rotatable bonds is 11. The molecule has 0 aliphatic rings. The Labute approximate surface area is 223 Å². The van der Waals surface area contributed by atoms with Crippen LogP contribution in [0.3, 0.4) is 0 Å². The van der Waals surface area contributed by atoms with Gasteiger partial charge in [0.2, 0.25) is 5.91 Å². The molecule has 3 aromatic carbocycles. The zero-order chi connectivity index (χ0) is 26.1. The van der Waals surface area contributed by atoms with E-state index in [1.807, 2.05) is 75.4 Å². The van der Waals surface area contributed by atoms with E-state index >= 15 is 0 Å². The van der Waals surface area contributed by atoms with Crippen LogP contribution in [0.4, 0.5) is 0 Å². The van der Waals surface area contributed by atoms with Crippen LogP contribution in [0.25, 0.3) is 0 Å². The maximum atomic E-state index is 13.6. The quantitative estimate of drug-likeness (QED) is 0.325. The van der Waals surface area contributed by atoms with Crippen molar-refractivity contribution in [2.24, 2.45) is 0 Å².